The predicted molar refractivity (Wildman–Crippen MR) is 46.1 cm³/mol. The molecule has 1 aliphatic rings. The highest BCUT2D eigenvalue weighted by molar-refractivity contribution is 8.01. The van der Waals surface area contributed by atoms with Crippen LogP contribution in [0.2, 0.25) is 0 Å². The Balaban J connectivity index is 2.86. The summed E-state index contributed by atoms with van der Waals surface area (Å²) in [6.45, 7) is 3.03. The second-order valence-corrected chi connectivity index (χ2v) is 4.19. The minimum Gasteiger partial charge on any atom is -0.299 e. The van der Waals surface area contributed by atoms with E-state index >= 15 is 0 Å². The molecule has 0 spiro atoms. The quantitative estimate of drug-likeness (QED) is 0.558. The van der Waals surface area contributed by atoms with Crippen molar-refractivity contribution in [2.45, 2.75) is 19.1 Å². The van der Waals surface area contributed by atoms with E-state index in [4.69, 9.17) is 0 Å². The van der Waals surface area contributed by atoms with Crippen molar-refractivity contribution in [1.82, 2.24) is 0 Å². The maximum absolute atomic E-state index is 11.3. The maximum Gasteiger partial charge on any atom is 0.163 e. The summed E-state index contributed by atoms with van der Waals surface area (Å²) in [5.74, 6) is -1.48. The van der Waals surface area contributed by atoms with Crippen molar-refractivity contribution in [3.05, 3.63) is 0 Å². The standard InChI is InChI=1S/C8H10O3S/c1-4(9)7-6(10)3-12-5(2)8(7)11/h5,7H,3H2,1-2H3. The third-order valence-corrected chi connectivity index (χ3v) is 3.07. The number of hydrogen-bond donors (Lipinski definition) is 0. The SMILES string of the molecule is CC(=O)C1C(=O)CSC(C)C1=O. The molecule has 12 heavy (non-hydrogen) atoms. The highest BCUT2D eigenvalue weighted by Gasteiger charge is 2.38. The maximum atomic E-state index is 11.3. The van der Waals surface area contributed by atoms with Crippen LogP contribution in [0.5, 0.6) is 0 Å². The molecule has 1 aliphatic heterocycles. The van der Waals surface area contributed by atoms with E-state index < -0.39 is 5.92 Å². The van der Waals surface area contributed by atoms with E-state index in [2.05, 4.69) is 0 Å². The number of thioether (sulfide) groups is 1. The van der Waals surface area contributed by atoms with Crippen molar-refractivity contribution in [1.29, 1.82) is 0 Å². The van der Waals surface area contributed by atoms with E-state index in [1.165, 1.54) is 18.7 Å². The molecule has 0 aromatic heterocycles. The van der Waals surface area contributed by atoms with Gasteiger partial charge in [0.15, 0.2) is 11.6 Å². The van der Waals surface area contributed by atoms with E-state index in [-0.39, 0.29) is 28.4 Å². The van der Waals surface area contributed by atoms with Gasteiger partial charge in [0.2, 0.25) is 0 Å². The van der Waals surface area contributed by atoms with Gasteiger partial charge in [0.1, 0.15) is 11.7 Å². The zero-order chi connectivity index (χ0) is 9.30. The third kappa shape index (κ3) is 1.58. The summed E-state index contributed by atoms with van der Waals surface area (Å²) in [5, 5.41) is -0.211. The summed E-state index contributed by atoms with van der Waals surface area (Å²) in [7, 11) is 0. The molecular weight excluding hydrogens is 176 g/mol. The first-order chi connectivity index (χ1) is 5.54. The topological polar surface area (TPSA) is 51.2 Å². The van der Waals surface area contributed by atoms with Crippen LogP contribution in [0, 0.1) is 5.92 Å². The van der Waals surface area contributed by atoms with Gasteiger partial charge in [-0.15, -0.1) is 11.8 Å². The summed E-state index contributed by atoms with van der Waals surface area (Å²) >= 11 is 1.30. The van der Waals surface area contributed by atoms with Crippen molar-refractivity contribution < 1.29 is 14.4 Å². The second-order valence-electron chi connectivity index (χ2n) is 2.87. The van der Waals surface area contributed by atoms with Crippen LogP contribution in [-0.2, 0) is 14.4 Å². The number of Topliss-reactive ketones (excluding diaryl/α,β-unsaturated/α-hetero) is 3. The molecule has 1 fully saturated rings. The number of hydrogen-bond acceptors (Lipinski definition) is 4. The van der Waals surface area contributed by atoms with Gasteiger partial charge in [-0.25, -0.2) is 0 Å². The summed E-state index contributed by atoms with van der Waals surface area (Å²) in [5.41, 5.74) is 0. The van der Waals surface area contributed by atoms with E-state index in [1.54, 1.807) is 6.92 Å². The summed E-state index contributed by atoms with van der Waals surface area (Å²) in [6, 6.07) is 0. The number of carbonyl (C=O) groups excluding carboxylic acids is 3. The molecule has 0 saturated carbocycles. The van der Waals surface area contributed by atoms with Crippen LogP contribution < -0.4 is 0 Å². The summed E-state index contributed by atoms with van der Waals surface area (Å²) < 4.78 is 0. The van der Waals surface area contributed by atoms with Crippen molar-refractivity contribution in [2.24, 2.45) is 5.92 Å². The molecule has 3 nitrogen and oxygen atoms in total. The Morgan fingerprint density at radius 2 is 2.08 bits per heavy atom. The molecule has 0 radical (unpaired) electrons. The predicted octanol–water partition coefficient (Wildman–Crippen LogP) is 0.465. The monoisotopic (exact) mass is 186 g/mol. The van der Waals surface area contributed by atoms with Crippen LogP contribution in [0.3, 0.4) is 0 Å². The Hall–Kier alpha value is -0.640. The van der Waals surface area contributed by atoms with Crippen molar-refractivity contribution in [3.8, 4) is 0 Å². The molecule has 1 rings (SSSR count). The molecule has 2 unspecified atom stereocenters. The molecule has 66 valence electrons. The lowest BCUT2D eigenvalue weighted by molar-refractivity contribution is -0.138. The first kappa shape index (κ1) is 9.45. The van der Waals surface area contributed by atoms with Gasteiger partial charge >= 0.3 is 0 Å². The van der Waals surface area contributed by atoms with E-state index in [0.717, 1.165) is 0 Å². The molecule has 1 saturated heterocycles. The van der Waals surface area contributed by atoms with Crippen molar-refractivity contribution in [3.63, 3.8) is 0 Å². The van der Waals surface area contributed by atoms with E-state index in [0.29, 0.717) is 0 Å². The summed E-state index contributed by atoms with van der Waals surface area (Å²) in [4.78, 5) is 33.4. The van der Waals surface area contributed by atoms with E-state index in [9.17, 15) is 14.4 Å². The largest absolute Gasteiger partial charge is 0.299 e. The molecular formula is C8H10O3S. The zero-order valence-corrected chi connectivity index (χ0v) is 7.81. The van der Waals surface area contributed by atoms with Crippen molar-refractivity contribution >= 4 is 29.1 Å². The lowest BCUT2D eigenvalue weighted by Gasteiger charge is -2.21. The first-order valence-electron chi connectivity index (χ1n) is 3.72. The summed E-state index contributed by atoms with van der Waals surface area (Å²) in [6.07, 6.45) is 0. The fraction of sp³-hybridized carbons (Fsp3) is 0.625. The van der Waals surface area contributed by atoms with Gasteiger partial charge in [-0.2, -0.15) is 0 Å². The van der Waals surface area contributed by atoms with Crippen LogP contribution >= 0.6 is 11.8 Å². The lowest BCUT2D eigenvalue weighted by Crippen LogP contribution is -2.40. The molecule has 0 N–H and O–H groups in total. The van der Waals surface area contributed by atoms with Gasteiger partial charge in [0.05, 0.1) is 11.0 Å². The number of rotatable bonds is 1. The highest BCUT2D eigenvalue weighted by Crippen LogP contribution is 2.24. The molecule has 1 heterocycles. The van der Waals surface area contributed by atoms with Crippen LogP contribution in [0.4, 0.5) is 0 Å². The van der Waals surface area contributed by atoms with Crippen LogP contribution in [0.25, 0.3) is 0 Å². The van der Waals surface area contributed by atoms with Crippen LogP contribution in [0.15, 0.2) is 0 Å². The van der Waals surface area contributed by atoms with Crippen LogP contribution in [-0.4, -0.2) is 28.4 Å². The minimum atomic E-state index is -0.971. The first-order valence-corrected chi connectivity index (χ1v) is 4.77. The molecule has 0 bridgehead atoms. The molecule has 4 heteroatoms. The highest BCUT2D eigenvalue weighted by atomic mass is 32.2. The van der Waals surface area contributed by atoms with E-state index in [1.807, 2.05) is 0 Å². The zero-order valence-electron chi connectivity index (χ0n) is 6.99. The lowest BCUT2D eigenvalue weighted by atomic mass is 9.93. The average Bonchev–Trinajstić information content (AvgIpc) is 1.97. The fourth-order valence-corrected chi connectivity index (χ4v) is 2.07. The molecule has 0 aromatic carbocycles. The molecule has 0 aromatic rings. The second kappa shape index (κ2) is 3.39. The van der Waals surface area contributed by atoms with Gasteiger partial charge in [0.25, 0.3) is 0 Å². The Kier molecular flexibility index (Phi) is 2.67. The van der Waals surface area contributed by atoms with Gasteiger partial charge < -0.3 is 0 Å². The van der Waals surface area contributed by atoms with Gasteiger partial charge in [0, 0.05) is 0 Å². The number of carbonyl (C=O) groups is 3. The van der Waals surface area contributed by atoms with Crippen molar-refractivity contribution in [2.75, 3.05) is 5.75 Å². The third-order valence-electron chi connectivity index (χ3n) is 1.89. The van der Waals surface area contributed by atoms with Gasteiger partial charge in [-0.05, 0) is 13.8 Å². The average molecular weight is 186 g/mol. The van der Waals surface area contributed by atoms with Gasteiger partial charge in [-0.1, -0.05) is 0 Å². The Morgan fingerprint density at radius 3 is 2.50 bits per heavy atom. The Labute approximate surface area is 74.9 Å². The minimum absolute atomic E-state index is 0.211. The normalized spacial score (nSPS) is 30.5. The molecule has 0 amide bonds. The Morgan fingerprint density at radius 1 is 1.50 bits per heavy atom. The Bertz CT molecular complexity index is 247. The molecule has 0 aliphatic carbocycles. The smallest absolute Gasteiger partial charge is 0.163 e. The van der Waals surface area contributed by atoms with Gasteiger partial charge in [-0.3, -0.25) is 14.4 Å². The molecule has 2 atom stereocenters. The van der Waals surface area contributed by atoms with Crippen LogP contribution in [0.1, 0.15) is 13.8 Å². The fourth-order valence-electron chi connectivity index (χ4n) is 1.19. The number of ketones is 3.